The summed E-state index contributed by atoms with van der Waals surface area (Å²) in [6.45, 7) is 8.63. The quantitative estimate of drug-likeness (QED) is 0.707. The number of hydrogen-bond donors (Lipinski definition) is 0. The monoisotopic (exact) mass is 220 g/mol. The van der Waals surface area contributed by atoms with Crippen molar-refractivity contribution in [1.29, 1.82) is 0 Å². The first-order chi connectivity index (χ1) is 7.60. The number of aryl methyl sites for hydroxylation is 2. The topological polar surface area (TPSA) is 26.3 Å². The summed E-state index contributed by atoms with van der Waals surface area (Å²) in [4.78, 5) is 11.7. The largest absolute Gasteiger partial charge is 0.493 e. The maximum absolute atomic E-state index is 11.7. The highest BCUT2D eigenvalue weighted by molar-refractivity contribution is 5.97. The predicted octanol–water partition coefficient (Wildman–Crippen LogP) is 3.68. The molecule has 0 N–H and O–H groups in total. The molecule has 2 nitrogen and oxygen atoms in total. The van der Waals surface area contributed by atoms with E-state index in [1.54, 1.807) is 0 Å². The molecule has 0 spiro atoms. The van der Waals surface area contributed by atoms with Crippen molar-refractivity contribution < 1.29 is 9.53 Å². The lowest BCUT2D eigenvalue weighted by Crippen LogP contribution is -2.03. The van der Waals surface area contributed by atoms with Crippen LogP contribution in [0.2, 0.25) is 0 Å². The first-order valence-corrected chi connectivity index (χ1v) is 5.87. The zero-order valence-corrected chi connectivity index (χ0v) is 10.6. The van der Waals surface area contributed by atoms with Crippen LogP contribution in [0, 0.1) is 13.8 Å². The van der Waals surface area contributed by atoms with Gasteiger partial charge in [0.1, 0.15) is 5.75 Å². The molecule has 1 aromatic carbocycles. The molecule has 0 aliphatic carbocycles. The zero-order chi connectivity index (χ0) is 12.1. The number of carbonyl (C=O) groups excluding carboxylic acids is 1. The third-order valence-corrected chi connectivity index (χ3v) is 2.61. The molecule has 1 rings (SSSR count). The summed E-state index contributed by atoms with van der Waals surface area (Å²) in [5, 5.41) is 0. The van der Waals surface area contributed by atoms with E-state index in [-0.39, 0.29) is 5.78 Å². The fraction of sp³-hybridized carbons (Fsp3) is 0.500. The highest BCUT2D eigenvalue weighted by Gasteiger charge is 2.10. The van der Waals surface area contributed by atoms with Gasteiger partial charge in [0.25, 0.3) is 0 Å². The average molecular weight is 220 g/mol. The van der Waals surface area contributed by atoms with Crippen LogP contribution in [0.15, 0.2) is 12.1 Å². The van der Waals surface area contributed by atoms with E-state index in [2.05, 4.69) is 6.92 Å². The molecule has 0 aliphatic rings. The van der Waals surface area contributed by atoms with Crippen molar-refractivity contribution in [3.05, 3.63) is 28.8 Å². The highest BCUT2D eigenvalue weighted by Crippen LogP contribution is 2.23. The molecule has 0 radical (unpaired) electrons. The summed E-state index contributed by atoms with van der Waals surface area (Å²) in [5.41, 5.74) is 2.86. The van der Waals surface area contributed by atoms with Crippen LogP contribution in [0.3, 0.4) is 0 Å². The molecule has 0 heterocycles. The maximum Gasteiger partial charge on any atom is 0.162 e. The molecule has 0 saturated carbocycles. The number of ketones is 1. The van der Waals surface area contributed by atoms with Crippen LogP contribution in [0.25, 0.3) is 0 Å². The summed E-state index contributed by atoms with van der Waals surface area (Å²) in [6.07, 6.45) is 1.55. The van der Waals surface area contributed by atoms with Crippen molar-refractivity contribution in [1.82, 2.24) is 0 Å². The molecule has 0 atom stereocenters. The van der Waals surface area contributed by atoms with Gasteiger partial charge in [0.2, 0.25) is 0 Å². The minimum atomic E-state index is 0.197. The van der Waals surface area contributed by atoms with E-state index in [0.29, 0.717) is 6.42 Å². The molecular formula is C14H20O2. The second kappa shape index (κ2) is 5.69. The van der Waals surface area contributed by atoms with Crippen molar-refractivity contribution in [2.75, 3.05) is 6.61 Å². The van der Waals surface area contributed by atoms with Crippen molar-refractivity contribution in [3.63, 3.8) is 0 Å². The molecule has 0 unspecified atom stereocenters. The number of hydrogen-bond acceptors (Lipinski definition) is 2. The molecule has 0 fully saturated rings. The minimum absolute atomic E-state index is 0.197. The summed E-state index contributed by atoms with van der Waals surface area (Å²) in [7, 11) is 0. The van der Waals surface area contributed by atoms with Crippen molar-refractivity contribution in [2.24, 2.45) is 0 Å². The summed E-state index contributed by atoms with van der Waals surface area (Å²) in [5.74, 6) is 1.09. The molecule has 0 aromatic heterocycles. The van der Waals surface area contributed by atoms with Gasteiger partial charge in [-0.3, -0.25) is 4.79 Å². The summed E-state index contributed by atoms with van der Waals surface area (Å²) >= 11 is 0. The first kappa shape index (κ1) is 12.8. The van der Waals surface area contributed by atoms with Crippen LogP contribution in [-0.2, 0) is 0 Å². The third-order valence-electron chi connectivity index (χ3n) is 2.61. The molecule has 0 bridgehead atoms. The normalized spacial score (nSPS) is 10.2. The Hall–Kier alpha value is -1.31. The Kier molecular flexibility index (Phi) is 4.53. The second-order valence-corrected chi connectivity index (χ2v) is 4.06. The van der Waals surface area contributed by atoms with Gasteiger partial charge in [-0.25, -0.2) is 0 Å². The fourth-order valence-corrected chi connectivity index (χ4v) is 1.65. The number of rotatable bonds is 5. The van der Waals surface area contributed by atoms with Crippen LogP contribution >= 0.6 is 0 Å². The average Bonchev–Trinajstić information content (AvgIpc) is 2.28. The molecule has 2 heteroatoms. The van der Waals surface area contributed by atoms with Crippen LogP contribution < -0.4 is 4.74 Å². The summed E-state index contributed by atoms with van der Waals surface area (Å²) < 4.78 is 5.62. The van der Waals surface area contributed by atoms with E-state index in [0.717, 1.165) is 35.5 Å². The molecule has 88 valence electrons. The molecule has 0 aliphatic heterocycles. The highest BCUT2D eigenvalue weighted by atomic mass is 16.5. The zero-order valence-electron chi connectivity index (χ0n) is 10.6. The smallest absolute Gasteiger partial charge is 0.162 e. The van der Waals surface area contributed by atoms with Gasteiger partial charge in [-0.15, -0.1) is 0 Å². The van der Waals surface area contributed by atoms with Crippen molar-refractivity contribution in [2.45, 2.75) is 40.5 Å². The van der Waals surface area contributed by atoms with Gasteiger partial charge in [0.05, 0.1) is 6.61 Å². The Bertz CT molecular complexity index is 381. The number of Topliss-reactive ketones (excluding diaryl/α,β-unsaturated/α-hetero) is 1. The standard InChI is InChI=1S/C14H20O2/c1-5-7-16-14-9-10(3)12(8-11(14)4)13(15)6-2/h8-9H,5-7H2,1-4H3. The van der Waals surface area contributed by atoms with E-state index in [1.165, 1.54) is 0 Å². The number of ether oxygens (including phenoxy) is 1. The lowest BCUT2D eigenvalue weighted by atomic mass is 10.00. The van der Waals surface area contributed by atoms with Crippen LogP contribution in [0.1, 0.15) is 48.2 Å². The molecular weight excluding hydrogens is 200 g/mol. The van der Waals surface area contributed by atoms with Crippen LogP contribution in [0.5, 0.6) is 5.75 Å². The second-order valence-electron chi connectivity index (χ2n) is 4.06. The van der Waals surface area contributed by atoms with Crippen LogP contribution in [0.4, 0.5) is 0 Å². The Morgan fingerprint density at radius 3 is 2.44 bits per heavy atom. The lowest BCUT2D eigenvalue weighted by molar-refractivity contribution is 0.0987. The van der Waals surface area contributed by atoms with E-state index >= 15 is 0 Å². The Balaban J connectivity index is 3.02. The van der Waals surface area contributed by atoms with Crippen molar-refractivity contribution >= 4 is 5.78 Å². The van der Waals surface area contributed by atoms with Gasteiger partial charge in [0, 0.05) is 12.0 Å². The maximum atomic E-state index is 11.7. The van der Waals surface area contributed by atoms with E-state index < -0.39 is 0 Å². The van der Waals surface area contributed by atoms with Gasteiger partial charge >= 0.3 is 0 Å². The van der Waals surface area contributed by atoms with Gasteiger partial charge in [-0.05, 0) is 43.5 Å². The summed E-state index contributed by atoms with van der Waals surface area (Å²) in [6, 6.07) is 3.90. The first-order valence-electron chi connectivity index (χ1n) is 5.87. The Labute approximate surface area is 97.6 Å². The SMILES string of the molecule is CCCOc1cc(C)c(C(=O)CC)cc1C. The van der Waals surface area contributed by atoms with Gasteiger partial charge < -0.3 is 4.74 Å². The minimum Gasteiger partial charge on any atom is -0.493 e. The van der Waals surface area contributed by atoms with Crippen LogP contribution in [-0.4, -0.2) is 12.4 Å². The predicted molar refractivity (Wildman–Crippen MR) is 66.3 cm³/mol. The molecule has 1 aromatic rings. The molecule has 0 saturated heterocycles. The molecule has 0 amide bonds. The Morgan fingerprint density at radius 2 is 1.88 bits per heavy atom. The number of benzene rings is 1. The van der Waals surface area contributed by atoms with E-state index in [9.17, 15) is 4.79 Å². The Morgan fingerprint density at radius 1 is 1.19 bits per heavy atom. The van der Waals surface area contributed by atoms with E-state index in [1.807, 2.05) is 32.9 Å². The van der Waals surface area contributed by atoms with Gasteiger partial charge in [-0.1, -0.05) is 13.8 Å². The van der Waals surface area contributed by atoms with Crippen molar-refractivity contribution in [3.8, 4) is 5.75 Å². The van der Waals surface area contributed by atoms with Gasteiger partial charge in [-0.2, -0.15) is 0 Å². The van der Waals surface area contributed by atoms with Gasteiger partial charge in [0.15, 0.2) is 5.78 Å². The lowest BCUT2D eigenvalue weighted by Gasteiger charge is -2.12. The third kappa shape index (κ3) is 2.84. The number of carbonyl (C=O) groups is 1. The molecule has 16 heavy (non-hydrogen) atoms. The fourth-order valence-electron chi connectivity index (χ4n) is 1.65. The van der Waals surface area contributed by atoms with E-state index in [4.69, 9.17) is 4.74 Å².